The Hall–Kier alpha value is -3.88. The Morgan fingerprint density at radius 3 is 2.51 bits per heavy atom. The largest absolute Gasteiger partial charge is 0.497 e. The third-order valence-electron chi connectivity index (χ3n) is 6.22. The quantitative estimate of drug-likeness (QED) is 0.503. The lowest BCUT2D eigenvalue weighted by Crippen LogP contribution is -2.41. The number of piperidine rings is 1. The molecule has 1 fully saturated rings. The first-order valence-corrected chi connectivity index (χ1v) is 12.4. The zero-order chi connectivity index (χ0) is 26.6. The van der Waals surface area contributed by atoms with Gasteiger partial charge in [-0.15, -0.1) is 0 Å². The molecule has 0 radical (unpaired) electrons. The smallest absolute Gasteiger partial charge is 0.410 e. The van der Waals surface area contributed by atoms with Crippen LogP contribution in [0.2, 0.25) is 0 Å². The minimum Gasteiger partial charge on any atom is -0.497 e. The lowest BCUT2D eigenvalue weighted by Gasteiger charge is -2.34. The van der Waals surface area contributed by atoms with Crippen molar-refractivity contribution in [1.29, 1.82) is 0 Å². The fourth-order valence-electron chi connectivity index (χ4n) is 4.46. The number of ether oxygens (including phenoxy) is 2. The number of aromatic nitrogens is 2. The van der Waals surface area contributed by atoms with Gasteiger partial charge in [-0.1, -0.05) is 18.2 Å². The van der Waals surface area contributed by atoms with E-state index in [4.69, 9.17) is 9.47 Å². The number of likely N-dealkylation sites (tertiary alicyclic amines) is 1. The molecule has 2 aromatic carbocycles. The number of benzene rings is 2. The van der Waals surface area contributed by atoms with Gasteiger partial charge in [-0.2, -0.15) is 5.10 Å². The summed E-state index contributed by atoms with van der Waals surface area (Å²) in [5, 5.41) is 7.44. The second kappa shape index (κ2) is 11.0. The molecule has 9 heteroatoms. The zero-order valence-electron chi connectivity index (χ0n) is 21.7. The first-order valence-electron chi connectivity index (χ1n) is 12.4. The van der Waals surface area contributed by atoms with E-state index < -0.39 is 5.60 Å². The number of amides is 2. The van der Waals surface area contributed by atoms with Gasteiger partial charge in [-0.25, -0.2) is 13.9 Å². The topological polar surface area (TPSA) is 85.7 Å². The van der Waals surface area contributed by atoms with Gasteiger partial charge in [-0.05, 0) is 69.5 Å². The number of rotatable bonds is 6. The maximum Gasteiger partial charge on any atom is 0.410 e. The normalized spacial score (nSPS) is 14.4. The molecule has 1 aliphatic rings. The maximum atomic E-state index is 14.0. The van der Waals surface area contributed by atoms with Crippen LogP contribution < -0.4 is 10.1 Å². The SMILES string of the molecule is COc1cccc(CNC(=O)c2cnn(-c3cccc(F)c3)c2C2CCN(C(=O)OC(C)(C)C)CC2)c1. The number of halogens is 1. The van der Waals surface area contributed by atoms with Crippen LogP contribution in [0.15, 0.2) is 54.7 Å². The molecule has 8 nitrogen and oxygen atoms in total. The van der Waals surface area contributed by atoms with Crippen molar-refractivity contribution in [3.8, 4) is 11.4 Å². The van der Waals surface area contributed by atoms with Crippen molar-refractivity contribution in [2.24, 2.45) is 0 Å². The fraction of sp³-hybridized carbons (Fsp3) is 0.393. The van der Waals surface area contributed by atoms with Crippen LogP contribution in [0.4, 0.5) is 9.18 Å². The maximum absolute atomic E-state index is 14.0. The Labute approximate surface area is 216 Å². The van der Waals surface area contributed by atoms with Crippen molar-refractivity contribution in [3.63, 3.8) is 0 Å². The van der Waals surface area contributed by atoms with Gasteiger partial charge in [0.1, 0.15) is 17.2 Å². The summed E-state index contributed by atoms with van der Waals surface area (Å²) in [6, 6.07) is 13.6. The van der Waals surface area contributed by atoms with Gasteiger partial charge in [0.25, 0.3) is 5.91 Å². The second-order valence-corrected chi connectivity index (χ2v) is 10.1. The molecular weight excluding hydrogens is 475 g/mol. The molecule has 0 bridgehead atoms. The molecule has 196 valence electrons. The van der Waals surface area contributed by atoms with Gasteiger partial charge in [0.15, 0.2) is 0 Å². The lowest BCUT2D eigenvalue weighted by atomic mass is 9.90. The van der Waals surface area contributed by atoms with Gasteiger partial charge in [0.2, 0.25) is 0 Å². The molecule has 37 heavy (non-hydrogen) atoms. The molecule has 0 unspecified atom stereocenters. The summed E-state index contributed by atoms with van der Waals surface area (Å²) in [7, 11) is 1.60. The summed E-state index contributed by atoms with van der Waals surface area (Å²) in [4.78, 5) is 27.6. The number of methoxy groups -OCH3 is 1. The molecule has 1 aromatic heterocycles. The monoisotopic (exact) mass is 508 g/mol. The van der Waals surface area contributed by atoms with Crippen LogP contribution in [-0.2, 0) is 11.3 Å². The van der Waals surface area contributed by atoms with Crippen LogP contribution in [-0.4, -0.2) is 52.5 Å². The predicted octanol–water partition coefficient (Wildman–Crippen LogP) is 5.06. The summed E-state index contributed by atoms with van der Waals surface area (Å²) in [5.74, 6) is 0.00268. The van der Waals surface area contributed by atoms with E-state index in [0.717, 1.165) is 5.56 Å². The van der Waals surface area contributed by atoms with Crippen molar-refractivity contribution in [3.05, 3.63) is 77.4 Å². The number of hydrogen-bond donors (Lipinski definition) is 1. The van der Waals surface area contributed by atoms with Crippen molar-refractivity contribution in [1.82, 2.24) is 20.0 Å². The average molecular weight is 509 g/mol. The molecule has 1 aliphatic heterocycles. The second-order valence-electron chi connectivity index (χ2n) is 10.1. The van der Waals surface area contributed by atoms with Crippen molar-refractivity contribution < 1.29 is 23.5 Å². The van der Waals surface area contributed by atoms with E-state index in [1.54, 1.807) is 28.8 Å². The lowest BCUT2D eigenvalue weighted by molar-refractivity contribution is 0.0203. The third kappa shape index (κ3) is 6.47. The number of carbonyl (C=O) groups is 2. The van der Waals surface area contributed by atoms with Crippen LogP contribution >= 0.6 is 0 Å². The number of nitrogens with zero attached hydrogens (tertiary/aromatic N) is 3. The molecule has 0 spiro atoms. The standard InChI is InChI=1S/C28H33FN4O4/c1-28(2,3)37-27(35)32-13-11-20(12-14-32)25-24(18-31-33(25)22-9-6-8-21(29)16-22)26(34)30-17-19-7-5-10-23(15-19)36-4/h5-10,15-16,18,20H,11-14,17H2,1-4H3,(H,30,34). The highest BCUT2D eigenvalue weighted by Gasteiger charge is 2.32. The molecular formula is C28H33FN4O4. The molecule has 2 amide bonds. The third-order valence-corrected chi connectivity index (χ3v) is 6.22. The van der Waals surface area contributed by atoms with E-state index in [-0.39, 0.29) is 23.7 Å². The van der Waals surface area contributed by atoms with E-state index in [9.17, 15) is 14.0 Å². The number of carbonyl (C=O) groups excluding carboxylic acids is 2. The summed E-state index contributed by atoms with van der Waals surface area (Å²) >= 11 is 0. The van der Waals surface area contributed by atoms with Gasteiger partial charge >= 0.3 is 6.09 Å². The highest BCUT2D eigenvalue weighted by atomic mass is 19.1. The first-order chi connectivity index (χ1) is 17.6. The Balaban J connectivity index is 1.57. The van der Waals surface area contributed by atoms with Gasteiger partial charge in [-0.3, -0.25) is 4.79 Å². The van der Waals surface area contributed by atoms with Crippen LogP contribution in [0.3, 0.4) is 0 Å². The fourth-order valence-corrected chi connectivity index (χ4v) is 4.46. The van der Waals surface area contributed by atoms with Crippen LogP contribution in [0, 0.1) is 5.82 Å². The molecule has 0 saturated carbocycles. The van der Waals surface area contributed by atoms with E-state index in [1.165, 1.54) is 18.3 Å². The van der Waals surface area contributed by atoms with E-state index in [1.807, 2.05) is 45.0 Å². The number of hydrogen-bond acceptors (Lipinski definition) is 5. The Kier molecular flexibility index (Phi) is 7.80. The average Bonchev–Trinajstić information content (AvgIpc) is 3.32. The summed E-state index contributed by atoms with van der Waals surface area (Å²) in [5.41, 5.74) is 2.01. The highest BCUT2D eigenvalue weighted by molar-refractivity contribution is 5.95. The van der Waals surface area contributed by atoms with E-state index >= 15 is 0 Å². The summed E-state index contributed by atoms with van der Waals surface area (Å²) in [6.07, 6.45) is 2.43. The van der Waals surface area contributed by atoms with Crippen LogP contribution in [0.25, 0.3) is 5.69 Å². The molecule has 3 aromatic rings. The molecule has 0 atom stereocenters. The Bertz CT molecular complexity index is 1260. The molecule has 2 heterocycles. The minimum atomic E-state index is -0.571. The Morgan fingerprint density at radius 1 is 1.11 bits per heavy atom. The van der Waals surface area contributed by atoms with Crippen LogP contribution in [0.1, 0.15) is 61.1 Å². The number of nitrogens with one attached hydrogen (secondary N) is 1. The zero-order valence-corrected chi connectivity index (χ0v) is 21.7. The molecule has 1 saturated heterocycles. The van der Waals surface area contributed by atoms with Crippen molar-refractivity contribution >= 4 is 12.0 Å². The Morgan fingerprint density at radius 2 is 1.84 bits per heavy atom. The first kappa shape index (κ1) is 26.2. The van der Waals surface area contributed by atoms with E-state index in [0.29, 0.717) is 55.2 Å². The van der Waals surface area contributed by atoms with Gasteiger partial charge in [0, 0.05) is 25.6 Å². The summed E-state index contributed by atoms with van der Waals surface area (Å²) < 4.78 is 26.5. The predicted molar refractivity (Wildman–Crippen MR) is 137 cm³/mol. The van der Waals surface area contributed by atoms with Gasteiger partial charge < -0.3 is 19.7 Å². The highest BCUT2D eigenvalue weighted by Crippen LogP contribution is 2.33. The van der Waals surface area contributed by atoms with Crippen LogP contribution in [0.5, 0.6) is 5.75 Å². The minimum absolute atomic E-state index is 0.0537. The summed E-state index contributed by atoms with van der Waals surface area (Å²) in [6.45, 7) is 6.80. The van der Waals surface area contributed by atoms with Crippen molar-refractivity contribution in [2.75, 3.05) is 20.2 Å². The van der Waals surface area contributed by atoms with Crippen molar-refractivity contribution in [2.45, 2.75) is 51.7 Å². The molecule has 1 N–H and O–H groups in total. The molecule has 4 rings (SSSR count). The molecule has 0 aliphatic carbocycles. The van der Waals surface area contributed by atoms with E-state index in [2.05, 4.69) is 10.4 Å². The van der Waals surface area contributed by atoms with Gasteiger partial charge in [0.05, 0.1) is 30.3 Å².